The Hall–Kier alpha value is -0.930. The van der Waals surface area contributed by atoms with Crippen LogP contribution in [0.5, 0.6) is 0 Å². The summed E-state index contributed by atoms with van der Waals surface area (Å²) in [6.07, 6.45) is 1.60. The minimum atomic E-state index is -1.19. The minimum Gasteiger partial charge on any atom is -0.363 e. The van der Waals surface area contributed by atoms with Gasteiger partial charge in [-0.25, -0.2) is 0 Å². The van der Waals surface area contributed by atoms with E-state index >= 15 is 0 Å². The molecule has 0 N–H and O–H groups in total. The number of ether oxygens (including phenoxy) is 1. The van der Waals surface area contributed by atoms with Crippen LogP contribution >= 0.6 is 0 Å². The van der Waals surface area contributed by atoms with Gasteiger partial charge < -0.3 is 9.64 Å². The SMILES string of the molecule is CC(C#N)OCCS(=O)CC(=O)N1CCCC1. The molecule has 6 heteroatoms. The maximum atomic E-state index is 11.6. The Labute approximate surface area is 104 Å². The quantitative estimate of drug-likeness (QED) is 0.686. The number of nitrogens with zero attached hydrogens (tertiary/aromatic N) is 2. The zero-order chi connectivity index (χ0) is 12.7. The number of likely N-dealkylation sites (tertiary alicyclic amines) is 1. The van der Waals surface area contributed by atoms with Gasteiger partial charge in [-0.2, -0.15) is 5.26 Å². The zero-order valence-corrected chi connectivity index (χ0v) is 10.9. The second-order valence-electron chi connectivity index (χ2n) is 4.02. The molecule has 1 aliphatic heterocycles. The van der Waals surface area contributed by atoms with Crippen molar-refractivity contribution in [1.82, 2.24) is 4.90 Å². The molecule has 1 heterocycles. The summed E-state index contributed by atoms with van der Waals surface area (Å²) in [4.78, 5) is 13.4. The third kappa shape index (κ3) is 5.29. The standard InChI is InChI=1S/C11H18N2O3S/c1-10(8-12)16-6-7-17(15)9-11(14)13-4-2-3-5-13/h10H,2-7,9H2,1H3. The summed E-state index contributed by atoms with van der Waals surface area (Å²) in [5, 5.41) is 8.48. The second-order valence-corrected chi connectivity index (χ2v) is 5.59. The monoisotopic (exact) mass is 258 g/mol. The molecule has 0 bridgehead atoms. The Balaban J connectivity index is 2.16. The number of nitriles is 1. The van der Waals surface area contributed by atoms with Gasteiger partial charge >= 0.3 is 0 Å². The first-order valence-electron chi connectivity index (χ1n) is 5.77. The first-order chi connectivity index (χ1) is 8.13. The molecule has 1 rings (SSSR count). The molecule has 0 aliphatic carbocycles. The second kappa shape index (κ2) is 7.41. The topological polar surface area (TPSA) is 70.4 Å². The Bertz CT molecular complexity index is 321. The smallest absolute Gasteiger partial charge is 0.235 e. The molecular formula is C11H18N2O3S. The van der Waals surface area contributed by atoms with E-state index in [1.165, 1.54) is 0 Å². The number of rotatable bonds is 6. The lowest BCUT2D eigenvalue weighted by molar-refractivity contribution is -0.127. The molecule has 5 nitrogen and oxygen atoms in total. The molecule has 0 aromatic heterocycles. The maximum Gasteiger partial charge on any atom is 0.235 e. The Morgan fingerprint density at radius 3 is 2.76 bits per heavy atom. The van der Waals surface area contributed by atoms with Crippen molar-refractivity contribution in [2.75, 3.05) is 31.2 Å². The van der Waals surface area contributed by atoms with Crippen LogP contribution < -0.4 is 0 Å². The van der Waals surface area contributed by atoms with Gasteiger partial charge in [0.05, 0.1) is 12.7 Å². The highest BCUT2D eigenvalue weighted by Crippen LogP contribution is 2.07. The molecule has 2 unspecified atom stereocenters. The van der Waals surface area contributed by atoms with Gasteiger partial charge in [-0.05, 0) is 19.8 Å². The van der Waals surface area contributed by atoms with Crippen LogP contribution in [0.1, 0.15) is 19.8 Å². The van der Waals surface area contributed by atoms with Crippen LogP contribution in [0.15, 0.2) is 0 Å². The summed E-state index contributed by atoms with van der Waals surface area (Å²) >= 11 is 0. The number of hydrogen-bond donors (Lipinski definition) is 0. The van der Waals surface area contributed by atoms with E-state index in [0.29, 0.717) is 5.75 Å². The molecule has 0 aromatic rings. The summed E-state index contributed by atoms with van der Waals surface area (Å²) in [7, 11) is -1.19. The van der Waals surface area contributed by atoms with E-state index < -0.39 is 16.9 Å². The zero-order valence-electron chi connectivity index (χ0n) is 10.1. The highest BCUT2D eigenvalue weighted by atomic mass is 32.2. The van der Waals surface area contributed by atoms with E-state index in [2.05, 4.69) is 0 Å². The van der Waals surface area contributed by atoms with Crippen molar-refractivity contribution in [3.8, 4) is 6.07 Å². The lowest BCUT2D eigenvalue weighted by atomic mass is 10.4. The van der Waals surface area contributed by atoms with Crippen molar-refractivity contribution < 1.29 is 13.7 Å². The van der Waals surface area contributed by atoms with Gasteiger partial charge in [-0.1, -0.05) is 0 Å². The first kappa shape index (κ1) is 14.1. The van der Waals surface area contributed by atoms with Crippen LogP contribution in [-0.2, 0) is 20.3 Å². The van der Waals surface area contributed by atoms with E-state index in [9.17, 15) is 9.00 Å². The Kier molecular flexibility index (Phi) is 6.16. The fourth-order valence-electron chi connectivity index (χ4n) is 1.62. The summed E-state index contributed by atoms with van der Waals surface area (Å²) in [5.74, 6) is 0.352. The van der Waals surface area contributed by atoms with Gasteiger partial charge in [0.15, 0.2) is 0 Å². The number of carbonyl (C=O) groups excluding carboxylic acids is 1. The molecule has 1 amide bonds. The number of amides is 1. The molecule has 0 spiro atoms. The molecule has 0 saturated carbocycles. The van der Waals surface area contributed by atoms with Crippen molar-refractivity contribution >= 4 is 16.7 Å². The third-order valence-corrected chi connectivity index (χ3v) is 3.79. The van der Waals surface area contributed by atoms with E-state index in [1.54, 1.807) is 11.8 Å². The predicted octanol–water partition coefficient (Wildman–Crippen LogP) is 0.286. The van der Waals surface area contributed by atoms with Crippen molar-refractivity contribution in [2.45, 2.75) is 25.9 Å². The number of hydrogen-bond acceptors (Lipinski definition) is 4. The molecule has 1 aliphatic rings. The van der Waals surface area contributed by atoms with Crippen LogP contribution in [-0.4, -0.2) is 52.3 Å². The molecule has 0 aromatic carbocycles. The van der Waals surface area contributed by atoms with Crippen LogP contribution in [0.25, 0.3) is 0 Å². The van der Waals surface area contributed by atoms with Gasteiger partial charge in [0.2, 0.25) is 5.91 Å². The molecular weight excluding hydrogens is 240 g/mol. The van der Waals surface area contributed by atoms with Crippen molar-refractivity contribution in [1.29, 1.82) is 5.26 Å². The Morgan fingerprint density at radius 1 is 1.53 bits per heavy atom. The lowest BCUT2D eigenvalue weighted by Crippen LogP contribution is -2.32. The largest absolute Gasteiger partial charge is 0.363 e. The number of carbonyl (C=O) groups is 1. The fourth-order valence-corrected chi connectivity index (χ4v) is 2.51. The molecule has 17 heavy (non-hydrogen) atoms. The summed E-state index contributed by atoms with van der Waals surface area (Å²) in [6.45, 7) is 3.48. The van der Waals surface area contributed by atoms with E-state index in [-0.39, 0.29) is 18.3 Å². The average molecular weight is 258 g/mol. The van der Waals surface area contributed by atoms with Crippen molar-refractivity contribution in [2.24, 2.45) is 0 Å². The summed E-state index contributed by atoms with van der Waals surface area (Å²) in [5.41, 5.74) is 0. The fraction of sp³-hybridized carbons (Fsp3) is 0.818. The molecule has 1 fully saturated rings. The van der Waals surface area contributed by atoms with Crippen molar-refractivity contribution in [3.63, 3.8) is 0 Å². The van der Waals surface area contributed by atoms with Crippen molar-refractivity contribution in [3.05, 3.63) is 0 Å². The van der Waals surface area contributed by atoms with E-state index in [4.69, 9.17) is 10.00 Å². The average Bonchev–Trinajstić information content (AvgIpc) is 2.82. The highest BCUT2D eigenvalue weighted by molar-refractivity contribution is 7.85. The van der Waals surface area contributed by atoms with Gasteiger partial charge in [0.1, 0.15) is 11.9 Å². The van der Waals surface area contributed by atoms with E-state index in [0.717, 1.165) is 25.9 Å². The van der Waals surface area contributed by atoms with Gasteiger partial charge in [0, 0.05) is 29.6 Å². The van der Waals surface area contributed by atoms with Crippen LogP contribution in [0.4, 0.5) is 0 Å². The first-order valence-corrected chi connectivity index (χ1v) is 7.26. The molecule has 96 valence electrons. The van der Waals surface area contributed by atoms with Gasteiger partial charge in [-0.3, -0.25) is 9.00 Å². The predicted molar refractivity (Wildman–Crippen MR) is 64.7 cm³/mol. The Morgan fingerprint density at radius 2 is 2.18 bits per heavy atom. The van der Waals surface area contributed by atoms with Crippen LogP contribution in [0.2, 0.25) is 0 Å². The summed E-state index contributed by atoms with van der Waals surface area (Å²) < 4.78 is 16.7. The molecule has 0 radical (unpaired) electrons. The van der Waals surface area contributed by atoms with E-state index in [1.807, 2.05) is 6.07 Å². The highest BCUT2D eigenvalue weighted by Gasteiger charge is 2.19. The van der Waals surface area contributed by atoms with Crippen LogP contribution in [0, 0.1) is 11.3 Å². The minimum absolute atomic E-state index is 0.0332. The van der Waals surface area contributed by atoms with Gasteiger partial charge in [0.25, 0.3) is 0 Å². The molecule has 1 saturated heterocycles. The van der Waals surface area contributed by atoms with Crippen LogP contribution in [0.3, 0.4) is 0 Å². The summed E-state index contributed by atoms with van der Waals surface area (Å²) in [6, 6.07) is 1.93. The molecule has 2 atom stereocenters. The lowest BCUT2D eigenvalue weighted by Gasteiger charge is -2.14. The normalized spacial score (nSPS) is 18.7. The third-order valence-electron chi connectivity index (χ3n) is 2.60. The van der Waals surface area contributed by atoms with Gasteiger partial charge in [-0.15, -0.1) is 0 Å². The maximum absolute atomic E-state index is 11.6.